The average molecular weight is 255 g/mol. The summed E-state index contributed by atoms with van der Waals surface area (Å²) < 4.78 is 0. The summed E-state index contributed by atoms with van der Waals surface area (Å²) in [6.45, 7) is 0.782. The van der Waals surface area contributed by atoms with Gasteiger partial charge >= 0.3 is 0 Å². The quantitative estimate of drug-likeness (QED) is 0.855. The molecule has 0 radical (unpaired) electrons. The van der Waals surface area contributed by atoms with Crippen molar-refractivity contribution >= 4 is 34.7 Å². The lowest BCUT2D eigenvalue weighted by Crippen LogP contribution is -2.17. The van der Waals surface area contributed by atoms with Crippen molar-refractivity contribution in [2.45, 2.75) is 6.54 Å². The van der Waals surface area contributed by atoms with Gasteiger partial charge in [-0.15, -0.1) is 11.3 Å². The normalized spacial score (nSPS) is 10.4. The fourth-order valence-electron chi connectivity index (χ4n) is 1.34. The highest BCUT2D eigenvalue weighted by molar-refractivity contribution is 7.09. The van der Waals surface area contributed by atoms with Gasteiger partial charge < -0.3 is 10.6 Å². The maximum absolute atomic E-state index is 5.82. The predicted molar refractivity (Wildman–Crippen MR) is 67.9 cm³/mol. The molecule has 16 heavy (non-hydrogen) atoms. The zero-order valence-electron chi connectivity index (χ0n) is 8.72. The highest BCUT2D eigenvalue weighted by Crippen LogP contribution is 2.19. The Labute approximate surface area is 103 Å². The van der Waals surface area contributed by atoms with Crippen LogP contribution in [0.1, 0.15) is 4.88 Å². The van der Waals surface area contributed by atoms with Crippen LogP contribution in [0.3, 0.4) is 0 Å². The number of nitrogen functional groups attached to an aromatic ring is 1. The van der Waals surface area contributed by atoms with Crippen LogP contribution in [0.5, 0.6) is 0 Å². The van der Waals surface area contributed by atoms with Crippen LogP contribution in [0.15, 0.2) is 23.6 Å². The molecular weight excluding hydrogens is 244 g/mol. The van der Waals surface area contributed by atoms with E-state index in [0.29, 0.717) is 5.15 Å². The first kappa shape index (κ1) is 11.2. The highest BCUT2D eigenvalue weighted by atomic mass is 35.5. The van der Waals surface area contributed by atoms with Crippen LogP contribution in [0, 0.1) is 0 Å². The molecule has 0 aromatic carbocycles. The van der Waals surface area contributed by atoms with E-state index in [-0.39, 0.29) is 5.95 Å². The molecule has 0 aliphatic rings. The fourth-order valence-corrected chi connectivity index (χ4v) is 2.28. The van der Waals surface area contributed by atoms with E-state index in [9.17, 15) is 0 Å². The summed E-state index contributed by atoms with van der Waals surface area (Å²) in [5, 5.41) is 2.41. The second-order valence-electron chi connectivity index (χ2n) is 3.34. The van der Waals surface area contributed by atoms with Crippen molar-refractivity contribution < 1.29 is 0 Å². The molecule has 0 fully saturated rings. The van der Waals surface area contributed by atoms with Crippen molar-refractivity contribution in [3.05, 3.63) is 33.6 Å². The maximum atomic E-state index is 5.82. The summed E-state index contributed by atoms with van der Waals surface area (Å²) in [5.41, 5.74) is 5.54. The first-order valence-electron chi connectivity index (χ1n) is 4.69. The molecule has 0 aliphatic heterocycles. The maximum Gasteiger partial charge on any atom is 0.223 e. The minimum Gasteiger partial charge on any atom is -0.368 e. The van der Waals surface area contributed by atoms with Gasteiger partial charge in [-0.2, -0.15) is 4.98 Å². The molecule has 0 spiro atoms. The number of nitrogens with zero attached hydrogens (tertiary/aromatic N) is 3. The SMILES string of the molecule is CN(Cc1cccs1)c1cc(Cl)nc(N)n1. The molecule has 6 heteroatoms. The van der Waals surface area contributed by atoms with Crippen LogP contribution in [-0.4, -0.2) is 17.0 Å². The van der Waals surface area contributed by atoms with E-state index < -0.39 is 0 Å². The fraction of sp³-hybridized carbons (Fsp3) is 0.200. The lowest BCUT2D eigenvalue weighted by Gasteiger charge is -2.17. The van der Waals surface area contributed by atoms with Crippen LogP contribution in [0.4, 0.5) is 11.8 Å². The Morgan fingerprint density at radius 2 is 2.31 bits per heavy atom. The Bertz CT molecular complexity index is 451. The molecule has 0 saturated carbocycles. The van der Waals surface area contributed by atoms with Gasteiger partial charge in [-0.25, -0.2) is 4.98 Å². The van der Waals surface area contributed by atoms with Gasteiger partial charge in [-0.05, 0) is 11.4 Å². The number of halogens is 1. The Hall–Kier alpha value is -1.33. The monoisotopic (exact) mass is 254 g/mol. The van der Waals surface area contributed by atoms with E-state index in [1.54, 1.807) is 17.4 Å². The summed E-state index contributed by atoms with van der Waals surface area (Å²) in [6, 6.07) is 5.80. The van der Waals surface area contributed by atoms with Crippen LogP contribution in [0.25, 0.3) is 0 Å². The Morgan fingerprint density at radius 3 is 2.94 bits per heavy atom. The largest absolute Gasteiger partial charge is 0.368 e. The zero-order valence-corrected chi connectivity index (χ0v) is 10.3. The Morgan fingerprint density at radius 1 is 1.50 bits per heavy atom. The van der Waals surface area contributed by atoms with Crippen molar-refractivity contribution in [2.24, 2.45) is 0 Å². The third kappa shape index (κ3) is 2.62. The van der Waals surface area contributed by atoms with Crippen molar-refractivity contribution in [1.29, 1.82) is 0 Å². The number of thiophene rings is 1. The number of nitrogens with two attached hydrogens (primary N) is 1. The van der Waals surface area contributed by atoms with Crippen LogP contribution in [-0.2, 0) is 6.54 Å². The van der Waals surface area contributed by atoms with Crippen LogP contribution < -0.4 is 10.6 Å². The molecule has 84 valence electrons. The van der Waals surface area contributed by atoms with E-state index in [2.05, 4.69) is 16.0 Å². The van der Waals surface area contributed by atoms with Crippen LogP contribution in [0.2, 0.25) is 5.15 Å². The van der Waals surface area contributed by atoms with E-state index >= 15 is 0 Å². The third-order valence-corrected chi connectivity index (χ3v) is 3.12. The molecule has 0 saturated heterocycles. The summed E-state index contributed by atoms with van der Waals surface area (Å²) >= 11 is 7.53. The summed E-state index contributed by atoms with van der Waals surface area (Å²) in [4.78, 5) is 11.2. The second kappa shape index (κ2) is 4.67. The van der Waals surface area contributed by atoms with Crippen molar-refractivity contribution in [2.75, 3.05) is 17.7 Å². The first-order valence-corrected chi connectivity index (χ1v) is 5.94. The summed E-state index contributed by atoms with van der Waals surface area (Å²) in [6.07, 6.45) is 0. The summed E-state index contributed by atoms with van der Waals surface area (Å²) in [7, 11) is 1.94. The van der Waals surface area contributed by atoms with Gasteiger partial charge in [0.25, 0.3) is 0 Å². The van der Waals surface area contributed by atoms with Crippen molar-refractivity contribution in [1.82, 2.24) is 9.97 Å². The van der Waals surface area contributed by atoms with Gasteiger partial charge in [0.1, 0.15) is 11.0 Å². The molecule has 2 aromatic heterocycles. The molecule has 2 aromatic rings. The minimum atomic E-state index is 0.195. The predicted octanol–water partition coefficient (Wildman–Crippen LogP) is 2.41. The summed E-state index contributed by atoms with van der Waals surface area (Å²) in [5.74, 6) is 0.923. The van der Waals surface area contributed by atoms with Gasteiger partial charge in [-0.1, -0.05) is 17.7 Å². The molecule has 0 unspecified atom stereocenters. The molecule has 0 atom stereocenters. The van der Waals surface area contributed by atoms with Gasteiger partial charge in [-0.3, -0.25) is 0 Å². The topological polar surface area (TPSA) is 55.0 Å². The average Bonchev–Trinajstić information content (AvgIpc) is 2.68. The Balaban J connectivity index is 2.17. The van der Waals surface area contributed by atoms with E-state index in [1.165, 1.54) is 4.88 Å². The number of rotatable bonds is 3. The van der Waals surface area contributed by atoms with E-state index in [4.69, 9.17) is 17.3 Å². The lowest BCUT2D eigenvalue weighted by atomic mass is 10.4. The molecule has 0 amide bonds. The minimum absolute atomic E-state index is 0.195. The molecule has 0 aliphatic carbocycles. The smallest absolute Gasteiger partial charge is 0.223 e. The standard InChI is InChI=1S/C10H11ClN4S/c1-15(6-7-3-2-4-16-7)9-5-8(11)13-10(12)14-9/h2-5H,6H2,1H3,(H2,12,13,14). The molecule has 2 rings (SSSR count). The van der Waals surface area contributed by atoms with Crippen LogP contribution >= 0.6 is 22.9 Å². The molecule has 2 N–H and O–H groups in total. The van der Waals surface area contributed by atoms with Gasteiger partial charge in [0.05, 0.1) is 6.54 Å². The molecule has 2 heterocycles. The third-order valence-electron chi connectivity index (χ3n) is 2.06. The second-order valence-corrected chi connectivity index (χ2v) is 4.76. The van der Waals surface area contributed by atoms with Gasteiger partial charge in [0.2, 0.25) is 5.95 Å². The first-order chi connectivity index (χ1) is 7.65. The van der Waals surface area contributed by atoms with Crippen molar-refractivity contribution in [3.8, 4) is 0 Å². The molecule has 4 nitrogen and oxygen atoms in total. The van der Waals surface area contributed by atoms with Gasteiger partial charge in [0.15, 0.2) is 0 Å². The number of aromatic nitrogens is 2. The molecular formula is C10H11ClN4S. The molecule has 0 bridgehead atoms. The Kier molecular flexibility index (Phi) is 3.26. The van der Waals surface area contributed by atoms with Gasteiger partial charge in [0, 0.05) is 18.0 Å². The lowest BCUT2D eigenvalue weighted by molar-refractivity contribution is 0.907. The number of hydrogen-bond donors (Lipinski definition) is 1. The zero-order chi connectivity index (χ0) is 11.5. The van der Waals surface area contributed by atoms with E-state index in [0.717, 1.165) is 12.4 Å². The van der Waals surface area contributed by atoms with Crippen molar-refractivity contribution in [3.63, 3.8) is 0 Å². The number of hydrogen-bond acceptors (Lipinski definition) is 5. The highest BCUT2D eigenvalue weighted by Gasteiger charge is 2.07. The van der Waals surface area contributed by atoms with E-state index in [1.807, 2.05) is 23.4 Å². The number of anilines is 2.